The molecule has 1 aromatic heterocycles. The summed E-state index contributed by atoms with van der Waals surface area (Å²) in [4.78, 5) is 8.79. The Labute approximate surface area is 114 Å². The maximum atomic E-state index is 9.51. The van der Waals surface area contributed by atoms with E-state index in [1.807, 2.05) is 0 Å². The average molecular weight is 272 g/mol. The summed E-state index contributed by atoms with van der Waals surface area (Å²) in [7, 11) is 3.09. The van der Waals surface area contributed by atoms with E-state index in [2.05, 4.69) is 9.97 Å². The van der Waals surface area contributed by atoms with E-state index in [9.17, 15) is 10.2 Å². The van der Waals surface area contributed by atoms with Gasteiger partial charge < -0.3 is 19.7 Å². The number of rotatable bonds is 2. The quantitative estimate of drug-likeness (QED) is 0.549. The van der Waals surface area contributed by atoms with Crippen LogP contribution in [0.1, 0.15) is 0 Å². The Hall–Kier alpha value is -2.76. The summed E-state index contributed by atoms with van der Waals surface area (Å²) in [5, 5.41) is 19.0. The Balaban J connectivity index is 2.35. The second kappa shape index (κ2) is 4.41. The Bertz CT molecular complexity index is 749. The number of methoxy groups -OCH3 is 2. The smallest absolute Gasteiger partial charge is 0.163 e. The van der Waals surface area contributed by atoms with E-state index < -0.39 is 0 Å². The Morgan fingerprint density at radius 2 is 1.05 bits per heavy atom. The van der Waals surface area contributed by atoms with Gasteiger partial charge in [-0.25, -0.2) is 9.97 Å². The van der Waals surface area contributed by atoms with Gasteiger partial charge in [0.25, 0.3) is 0 Å². The predicted octanol–water partition coefficient (Wildman–Crippen LogP) is 2.21. The van der Waals surface area contributed by atoms with Crippen LogP contribution in [-0.2, 0) is 0 Å². The van der Waals surface area contributed by atoms with Crippen LogP contribution in [0.3, 0.4) is 0 Å². The van der Waals surface area contributed by atoms with Crippen molar-refractivity contribution in [3.05, 3.63) is 24.3 Å². The SMILES string of the molecule is COc1cc2nc3cc(O)c(O)cc3nc2cc1OC. The number of hydrogen-bond donors (Lipinski definition) is 2. The summed E-state index contributed by atoms with van der Waals surface area (Å²) in [6, 6.07) is 6.16. The Morgan fingerprint density at radius 3 is 1.40 bits per heavy atom. The summed E-state index contributed by atoms with van der Waals surface area (Å²) in [6.07, 6.45) is 0. The number of phenols is 2. The Kier molecular flexibility index (Phi) is 2.71. The molecule has 0 bridgehead atoms. The zero-order chi connectivity index (χ0) is 14.3. The molecule has 0 atom stereocenters. The van der Waals surface area contributed by atoms with Crippen molar-refractivity contribution < 1.29 is 19.7 Å². The van der Waals surface area contributed by atoms with Crippen molar-refractivity contribution >= 4 is 22.1 Å². The number of ether oxygens (including phenoxy) is 2. The number of aromatic hydroxyl groups is 2. The van der Waals surface area contributed by atoms with E-state index in [4.69, 9.17) is 9.47 Å². The third-order valence-electron chi connectivity index (χ3n) is 3.03. The summed E-state index contributed by atoms with van der Waals surface area (Å²) in [5.74, 6) is 0.645. The van der Waals surface area contributed by atoms with Crippen molar-refractivity contribution in [1.29, 1.82) is 0 Å². The summed E-state index contributed by atoms with van der Waals surface area (Å²) in [5.41, 5.74) is 2.19. The van der Waals surface area contributed by atoms with Gasteiger partial charge in [0.15, 0.2) is 23.0 Å². The van der Waals surface area contributed by atoms with Crippen LogP contribution in [0.15, 0.2) is 24.3 Å². The van der Waals surface area contributed by atoms with Crippen LogP contribution in [0, 0.1) is 0 Å². The fourth-order valence-corrected chi connectivity index (χ4v) is 2.03. The van der Waals surface area contributed by atoms with Gasteiger partial charge >= 0.3 is 0 Å². The first kappa shape index (κ1) is 12.3. The van der Waals surface area contributed by atoms with Gasteiger partial charge in [-0.2, -0.15) is 0 Å². The van der Waals surface area contributed by atoms with Gasteiger partial charge in [-0.15, -0.1) is 0 Å². The lowest BCUT2D eigenvalue weighted by molar-refractivity contribution is 0.355. The largest absolute Gasteiger partial charge is 0.504 e. The minimum Gasteiger partial charge on any atom is -0.504 e. The van der Waals surface area contributed by atoms with E-state index in [0.717, 1.165) is 0 Å². The minimum atomic E-state index is -0.230. The molecule has 6 nitrogen and oxygen atoms in total. The molecule has 20 heavy (non-hydrogen) atoms. The van der Waals surface area contributed by atoms with Crippen LogP contribution >= 0.6 is 0 Å². The van der Waals surface area contributed by atoms with Gasteiger partial charge in [0.1, 0.15) is 0 Å². The summed E-state index contributed by atoms with van der Waals surface area (Å²) >= 11 is 0. The molecule has 0 aliphatic carbocycles. The van der Waals surface area contributed by atoms with Crippen molar-refractivity contribution in [1.82, 2.24) is 9.97 Å². The van der Waals surface area contributed by atoms with E-state index >= 15 is 0 Å². The normalized spacial score (nSPS) is 10.9. The minimum absolute atomic E-state index is 0.230. The number of hydrogen-bond acceptors (Lipinski definition) is 6. The lowest BCUT2D eigenvalue weighted by atomic mass is 10.2. The summed E-state index contributed by atoms with van der Waals surface area (Å²) in [6.45, 7) is 0. The molecule has 3 rings (SSSR count). The molecule has 0 amide bonds. The molecule has 0 radical (unpaired) electrons. The molecule has 0 unspecified atom stereocenters. The first-order chi connectivity index (χ1) is 9.62. The monoisotopic (exact) mass is 272 g/mol. The number of phenolic OH excluding ortho intramolecular Hbond substituents is 2. The Morgan fingerprint density at radius 1 is 0.700 bits per heavy atom. The molecular formula is C14H12N2O4. The van der Waals surface area contributed by atoms with Crippen LogP contribution in [0.5, 0.6) is 23.0 Å². The van der Waals surface area contributed by atoms with E-state index in [1.54, 1.807) is 26.4 Å². The van der Waals surface area contributed by atoms with Crippen LogP contribution in [-0.4, -0.2) is 34.4 Å². The van der Waals surface area contributed by atoms with Crippen LogP contribution in [0.4, 0.5) is 0 Å². The molecule has 0 saturated heterocycles. The fourth-order valence-electron chi connectivity index (χ4n) is 2.03. The maximum absolute atomic E-state index is 9.51. The van der Waals surface area contributed by atoms with Crippen molar-refractivity contribution in [2.75, 3.05) is 14.2 Å². The van der Waals surface area contributed by atoms with Crippen LogP contribution in [0.25, 0.3) is 22.1 Å². The highest BCUT2D eigenvalue weighted by Crippen LogP contribution is 2.33. The molecule has 0 saturated carbocycles. The van der Waals surface area contributed by atoms with Gasteiger partial charge in [0.05, 0.1) is 36.3 Å². The van der Waals surface area contributed by atoms with Gasteiger partial charge in [0.2, 0.25) is 0 Å². The molecule has 6 heteroatoms. The van der Waals surface area contributed by atoms with Gasteiger partial charge in [-0.1, -0.05) is 0 Å². The van der Waals surface area contributed by atoms with E-state index in [1.165, 1.54) is 12.1 Å². The van der Waals surface area contributed by atoms with Crippen LogP contribution < -0.4 is 9.47 Å². The van der Waals surface area contributed by atoms with Crippen molar-refractivity contribution in [2.45, 2.75) is 0 Å². The maximum Gasteiger partial charge on any atom is 0.163 e. The molecule has 0 aliphatic heterocycles. The second-order valence-electron chi connectivity index (χ2n) is 4.25. The standard InChI is InChI=1S/C14H12N2O4/c1-19-13-5-9-10(6-14(13)20-2)16-8-4-12(18)11(17)3-7(8)15-9/h3-6,17-18H,1-2H3. The predicted molar refractivity (Wildman–Crippen MR) is 73.5 cm³/mol. The molecule has 1 heterocycles. The number of nitrogens with zero attached hydrogens (tertiary/aromatic N) is 2. The third kappa shape index (κ3) is 1.82. The van der Waals surface area contributed by atoms with Crippen LogP contribution in [0.2, 0.25) is 0 Å². The highest BCUT2D eigenvalue weighted by molar-refractivity contribution is 5.89. The van der Waals surface area contributed by atoms with E-state index in [-0.39, 0.29) is 11.5 Å². The lowest BCUT2D eigenvalue weighted by Crippen LogP contribution is -1.93. The van der Waals surface area contributed by atoms with E-state index in [0.29, 0.717) is 33.6 Å². The lowest BCUT2D eigenvalue weighted by Gasteiger charge is -2.09. The molecule has 102 valence electrons. The molecule has 3 aromatic rings. The van der Waals surface area contributed by atoms with Crippen molar-refractivity contribution in [2.24, 2.45) is 0 Å². The molecule has 2 aromatic carbocycles. The highest BCUT2D eigenvalue weighted by atomic mass is 16.5. The third-order valence-corrected chi connectivity index (χ3v) is 3.03. The number of aromatic nitrogens is 2. The first-order valence-corrected chi connectivity index (χ1v) is 5.88. The zero-order valence-corrected chi connectivity index (χ0v) is 10.9. The number of benzene rings is 2. The first-order valence-electron chi connectivity index (χ1n) is 5.88. The zero-order valence-electron chi connectivity index (χ0n) is 10.9. The molecule has 0 fully saturated rings. The summed E-state index contributed by atoms with van der Waals surface area (Å²) < 4.78 is 10.4. The molecular weight excluding hydrogens is 260 g/mol. The fraction of sp³-hybridized carbons (Fsp3) is 0.143. The molecule has 0 aliphatic rings. The average Bonchev–Trinajstić information content (AvgIpc) is 2.45. The molecule has 2 N–H and O–H groups in total. The highest BCUT2D eigenvalue weighted by Gasteiger charge is 2.11. The topological polar surface area (TPSA) is 84.7 Å². The van der Waals surface area contributed by atoms with Gasteiger partial charge in [-0.3, -0.25) is 0 Å². The van der Waals surface area contributed by atoms with Crippen molar-refractivity contribution in [3.63, 3.8) is 0 Å². The van der Waals surface area contributed by atoms with Gasteiger partial charge in [-0.05, 0) is 0 Å². The van der Waals surface area contributed by atoms with Gasteiger partial charge in [0, 0.05) is 24.3 Å². The second-order valence-corrected chi connectivity index (χ2v) is 4.25. The molecule has 0 spiro atoms. The number of fused-ring (bicyclic) bond motifs is 2. The van der Waals surface area contributed by atoms with Crippen molar-refractivity contribution in [3.8, 4) is 23.0 Å².